The van der Waals surface area contributed by atoms with E-state index in [9.17, 15) is 10.4 Å². The van der Waals surface area contributed by atoms with E-state index in [1.165, 1.54) is 0 Å². The van der Waals surface area contributed by atoms with Crippen molar-refractivity contribution in [1.82, 2.24) is 19.7 Å². The van der Waals surface area contributed by atoms with E-state index in [-0.39, 0.29) is 16.8 Å². The highest BCUT2D eigenvalue weighted by Crippen LogP contribution is 2.58. The number of hydrogen-bond acceptors (Lipinski definition) is 7. The molecule has 0 amide bonds. The van der Waals surface area contributed by atoms with Gasteiger partial charge in [-0.1, -0.05) is 12.1 Å². The molecule has 1 N–H and O–H groups in total. The van der Waals surface area contributed by atoms with E-state index in [2.05, 4.69) is 38.2 Å². The van der Waals surface area contributed by atoms with Crippen molar-refractivity contribution in [3.05, 3.63) is 36.0 Å². The van der Waals surface area contributed by atoms with E-state index < -0.39 is 5.60 Å². The molecule has 8 heteroatoms. The molecule has 8 nitrogen and oxygen atoms in total. The van der Waals surface area contributed by atoms with Gasteiger partial charge in [0, 0.05) is 29.5 Å². The first-order valence-electron chi connectivity index (χ1n) is 11.6. The Kier molecular flexibility index (Phi) is 4.13. The van der Waals surface area contributed by atoms with E-state index in [1.54, 1.807) is 7.11 Å². The van der Waals surface area contributed by atoms with Crippen LogP contribution in [0.15, 0.2) is 30.5 Å². The van der Waals surface area contributed by atoms with E-state index in [0.29, 0.717) is 11.9 Å². The van der Waals surface area contributed by atoms with Crippen LogP contribution in [0.2, 0.25) is 0 Å². The van der Waals surface area contributed by atoms with Gasteiger partial charge in [-0.05, 0) is 57.6 Å². The fourth-order valence-electron chi connectivity index (χ4n) is 5.85. The SMILES string of the molecule is COc1nc(N2CC3(C(C)(C)O)CC2C3)cc(-n2ncc3ccc(C4(C#N)CCC4)cc32)n1. The summed E-state index contributed by atoms with van der Waals surface area (Å²) in [6.45, 7) is 4.57. The highest BCUT2D eigenvalue weighted by molar-refractivity contribution is 5.81. The van der Waals surface area contributed by atoms with Crippen LogP contribution in [0.1, 0.15) is 51.5 Å². The molecule has 2 saturated heterocycles. The molecule has 2 saturated carbocycles. The lowest BCUT2D eigenvalue weighted by atomic mass is 9.61. The predicted molar refractivity (Wildman–Crippen MR) is 123 cm³/mol. The molecule has 0 spiro atoms. The van der Waals surface area contributed by atoms with Crippen LogP contribution in [0.4, 0.5) is 5.82 Å². The maximum atomic E-state index is 10.7. The number of aromatic nitrogens is 4. The Morgan fingerprint density at radius 3 is 2.55 bits per heavy atom. The number of nitriles is 1. The summed E-state index contributed by atoms with van der Waals surface area (Å²) in [5.74, 6) is 1.42. The lowest BCUT2D eigenvalue weighted by Gasteiger charge is -2.45. The van der Waals surface area contributed by atoms with Crippen LogP contribution in [0, 0.1) is 16.7 Å². The molecule has 4 fully saturated rings. The summed E-state index contributed by atoms with van der Waals surface area (Å²) in [6, 6.07) is 11.3. The lowest BCUT2D eigenvalue weighted by Crippen LogP contribution is -2.50. The maximum Gasteiger partial charge on any atom is 0.320 e. The Hall–Kier alpha value is -3.18. The molecule has 0 atom stereocenters. The van der Waals surface area contributed by atoms with Crippen molar-refractivity contribution < 1.29 is 9.84 Å². The minimum absolute atomic E-state index is 0.0995. The smallest absolute Gasteiger partial charge is 0.320 e. The Morgan fingerprint density at radius 1 is 1.18 bits per heavy atom. The minimum Gasteiger partial charge on any atom is -0.467 e. The van der Waals surface area contributed by atoms with Crippen LogP contribution >= 0.6 is 0 Å². The first-order valence-corrected chi connectivity index (χ1v) is 11.6. The van der Waals surface area contributed by atoms with Gasteiger partial charge in [-0.2, -0.15) is 20.3 Å². The third kappa shape index (κ3) is 2.81. The summed E-state index contributed by atoms with van der Waals surface area (Å²) >= 11 is 0. The molecule has 170 valence electrons. The van der Waals surface area contributed by atoms with Gasteiger partial charge in [0.15, 0.2) is 5.82 Å². The van der Waals surface area contributed by atoms with Gasteiger partial charge >= 0.3 is 6.01 Å². The monoisotopic (exact) mass is 444 g/mol. The van der Waals surface area contributed by atoms with E-state index >= 15 is 0 Å². The molecule has 4 heterocycles. The summed E-state index contributed by atoms with van der Waals surface area (Å²) in [5.41, 5.74) is 0.737. The first-order chi connectivity index (χ1) is 15.8. The molecule has 7 rings (SSSR count). The standard InChI is InChI=1S/C25H28N6O2/c1-23(2,32)25-11-18(12-25)30(15-25)20-10-21(29-22(28-20)33-3)31-19-9-17(6-5-16(19)13-27-31)24(14-26)7-4-8-24/h5-6,9-10,13,18,32H,4,7-8,11-12,15H2,1-3H3. The van der Waals surface area contributed by atoms with Crippen molar-refractivity contribution in [1.29, 1.82) is 5.26 Å². The number of anilines is 1. The van der Waals surface area contributed by atoms with Crippen molar-refractivity contribution >= 4 is 16.7 Å². The number of ether oxygens (including phenoxy) is 1. The Labute approximate surface area is 192 Å². The molecule has 3 aromatic rings. The normalized spacial score (nSPS) is 25.4. The Morgan fingerprint density at radius 2 is 1.94 bits per heavy atom. The number of nitrogens with zero attached hydrogens (tertiary/aromatic N) is 6. The number of benzene rings is 1. The third-order valence-electron chi connectivity index (χ3n) is 8.38. The summed E-state index contributed by atoms with van der Waals surface area (Å²) < 4.78 is 7.25. The Bertz CT molecular complexity index is 1290. The van der Waals surface area contributed by atoms with Gasteiger partial charge in [0.2, 0.25) is 0 Å². The number of hydrogen-bond donors (Lipinski definition) is 1. The zero-order valence-electron chi connectivity index (χ0n) is 19.2. The summed E-state index contributed by atoms with van der Waals surface area (Å²) in [6.07, 6.45) is 6.62. The van der Waals surface area contributed by atoms with Crippen molar-refractivity contribution in [2.24, 2.45) is 5.41 Å². The Balaban J connectivity index is 1.42. The highest BCUT2D eigenvalue weighted by atomic mass is 16.5. The molecule has 1 aromatic carbocycles. The van der Waals surface area contributed by atoms with Crippen LogP contribution in [0.25, 0.3) is 16.7 Å². The van der Waals surface area contributed by atoms with Gasteiger partial charge in [-0.25, -0.2) is 4.68 Å². The lowest BCUT2D eigenvalue weighted by molar-refractivity contribution is -0.0754. The number of fused-ring (bicyclic) bond motifs is 2. The first kappa shape index (κ1) is 20.4. The topological polar surface area (TPSA) is 100 Å². The van der Waals surface area contributed by atoms with Crippen molar-refractivity contribution in [2.75, 3.05) is 18.6 Å². The molecular formula is C25H28N6O2. The van der Waals surface area contributed by atoms with Crippen molar-refractivity contribution in [3.63, 3.8) is 0 Å². The molecule has 2 aliphatic carbocycles. The second-order valence-electron chi connectivity index (χ2n) is 10.5. The van der Waals surface area contributed by atoms with Crippen LogP contribution in [0.3, 0.4) is 0 Å². The fourth-order valence-corrected chi connectivity index (χ4v) is 5.85. The second-order valence-corrected chi connectivity index (χ2v) is 10.5. The molecule has 0 radical (unpaired) electrons. The third-order valence-corrected chi connectivity index (χ3v) is 8.38. The second kappa shape index (κ2) is 6.67. The zero-order chi connectivity index (χ0) is 23.0. The van der Waals surface area contributed by atoms with Crippen LogP contribution in [0.5, 0.6) is 6.01 Å². The quantitative estimate of drug-likeness (QED) is 0.643. The average Bonchev–Trinajstić information content (AvgIpc) is 3.44. The van der Waals surface area contributed by atoms with Crippen molar-refractivity contribution in [3.8, 4) is 17.9 Å². The minimum atomic E-state index is -0.731. The van der Waals surface area contributed by atoms with Crippen molar-refractivity contribution in [2.45, 2.75) is 63.0 Å². The number of methoxy groups -OCH3 is 1. The number of aliphatic hydroxyl groups is 1. The molecule has 0 unspecified atom stereocenters. The largest absolute Gasteiger partial charge is 0.467 e. The molecule has 33 heavy (non-hydrogen) atoms. The van der Waals surface area contributed by atoms with Gasteiger partial charge in [0.25, 0.3) is 0 Å². The van der Waals surface area contributed by atoms with E-state index in [4.69, 9.17) is 4.74 Å². The van der Waals surface area contributed by atoms with Crippen LogP contribution in [-0.2, 0) is 5.41 Å². The predicted octanol–water partition coefficient (Wildman–Crippen LogP) is 3.51. The summed E-state index contributed by atoms with van der Waals surface area (Å²) in [5, 5.41) is 26.1. The molecule has 2 aliphatic heterocycles. The maximum absolute atomic E-state index is 10.7. The molecule has 2 bridgehead atoms. The highest BCUT2D eigenvalue weighted by Gasteiger charge is 2.62. The zero-order valence-corrected chi connectivity index (χ0v) is 19.2. The molecule has 4 aliphatic rings. The van der Waals surface area contributed by atoms with Crippen LogP contribution < -0.4 is 9.64 Å². The summed E-state index contributed by atoms with van der Waals surface area (Å²) in [7, 11) is 1.57. The number of rotatable bonds is 5. The average molecular weight is 445 g/mol. The summed E-state index contributed by atoms with van der Waals surface area (Å²) in [4.78, 5) is 11.5. The van der Waals surface area contributed by atoms with Gasteiger partial charge in [-0.3, -0.25) is 0 Å². The van der Waals surface area contributed by atoms with Gasteiger partial charge in [0.05, 0.1) is 35.9 Å². The van der Waals surface area contributed by atoms with E-state index in [0.717, 1.165) is 60.9 Å². The van der Waals surface area contributed by atoms with Gasteiger partial charge in [0.1, 0.15) is 5.82 Å². The van der Waals surface area contributed by atoms with Gasteiger partial charge in [-0.15, -0.1) is 0 Å². The molecule has 2 aromatic heterocycles. The van der Waals surface area contributed by atoms with Crippen LogP contribution in [-0.4, -0.2) is 50.2 Å². The fraction of sp³-hybridized carbons (Fsp3) is 0.520. The van der Waals surface area contributed by atoms with Gasteiger partial charge < -0.3 is 14.7 Å². The van der Waals surface area contributed by atoms with E-state index in [1.807, 2.05) is 36.9 Å². The molecular weight excluding hydrogens is 416 g/mol.